The maximum absolute atomic E-state index is 10.9. The first-order chi connectivity index (χ1) is 15.0. The number of fused-ring (bicyclic) bond motifs is 1. The van der Waals surface area contributed by atoms with E-state index in [0.29, 0.717) is 34.5 Å². The van der Waals surface area contributed by atoms with Gasteiger partial charge in [-0.1, -0.05) is 0 Å². The summed E-state index contributed by atoms with van der Waals surface area (Å²) in [5.41, 5.74) is 2.08. The van der Waals surface area contributed by atoms with Crippen LogP contribution in [0.5, 0.6) is 17.2 Å². The molecule has 2 aromatic carbocycles. The standard InChI is InChI=1S/C21H19N5O5/c1-29-17-10-14(11-18(30-2)19(17)31-3)23-21-22-12-13-8-9-25(20(13)24-21)15-4-6-16(7-5-15)26(27)28/h4-12H,1-3H3,(H,22,23,24). The van der Waals surface area contributed by atoms with Crippen molar-refractivity contribution in [2.24, 2.45) is 0 Å². The number of ether oxygens (including phenoxy) is 3. The normalized spacial score (nSPS) is 10.7. The highest BCUT2D eigenvalue weighted by Gasteiger charge is 2.15. The number of nitro groups is 1. The van der Waals surface area contributed by atoms with E-state index < -0.39 is 4.92 Å². The average molecular weight is 421 g/mol. The Bertz CT molecular complexity index is 1230. The van der Waals surface area contributed by atoms with E-state index in [1.807, 2.05) is 16.8 Å². The molecule has 0 amide bonds. The van der Waals surface area contributed by atoms with Crippen molar-refractivity contribution in [3.63, 3.8) is 0 Å². The second-order valence-corrected chi connectivity index (χ2v) is 6.47. The highest BCUT2D eigenvalue weighted by atomic mass is 16.6. The average Bonchev–Trinajstić information content (AvgIpc) is 3.21. The summed E-state index contributed by atoms with van der Waals surface area (Å²) in [6, 6.07) is 11.6. The molecule has 0 spiro atoms. The van der Waals surface area contributed by atoms with Gasteiger partial charge in [-0.25, -0.2) is 4.98 Å². The third-order valence-electron chi connectivity index (χ3n) is 4.69. The molecule has 10 heteroatoms. The molecule has 0 atom stereocenters. The van der Waals surface area contributed by atoms with Gasteiger partial charge in [0, 0.05) is 53.4 Å². The van der Waals surface area contributed by atoms with E-state index in [0.717, 1.165) is 11.1 Å². The fourth-order valence-corrected chi connectivity index (χ4v) is 3.20. The summed E-state index contributed by atoms with van der Waals surface area (Å²) in [5, 5.41) is 14.9. The van der Waals surface area contributed by atoms with Gasteiger partial charge in [-0.2, -0.15) is 4.98 Å². The van der Waals surface area contributed by atoms with Crippen molar-refractivity contribution < 1.29 is 19.1 Å². The first-order valence-electron chi connectivity index (χ1n) is 9.20. The van der Waals surface area contributed by atoms with Crippen molar-refractivity contribution in [3.8, 4) is 22.9 Å². The van der Waals surface area contributed by atoms with Crippen LogP contribution in [0.4, 0.5) is 17.3 Å². The van der Waals surface area contributed by atoms with Crippen molar-refractivity contribution in [3.05, 3.63) is 65.0 Å². The molecule has 0 aliphatic heterocycles. The molecule has 0 saturated carbocycles. The SMILES string of the molecule is COc1cc(Nc2ncc3ccn(-c4ccc([N+](=O)[O-])cc4)c3n2)cc(OC)c1OC. The molecule has 0 fully saturated rings. The fourth-order valence-electron chi connectivity index (χ4n) is 3.20. The van der Waals surface area contributed by atoms with Crippen LogP contribution in [0.3, 0.4) is 0 Å². The summed E-state index contributed by atoms with van der Waals surface area (Å²) >= 11 is 0. The number of rotatable bonds is 7. The highest BCUT2D eigenvalue weighted by Crippen LogP contribution is 2.40. The van der Waals surface area contributed by atoms with Gasteiger partial charge in [0.15, 0.2) is 11.5 Å². The molecule has 31 heavy (non-hydrogen) atoms. The van der Waals surface area contributed by atoms with Crippen LogP contribution in [0.2, 0.25) is 0 Å². The van der Waals surface area contributed by atoms with Crippen LogP contribution in [0.25, 0.3) is 16.7 Å². The molecule has 1 N–H and O–H groups in total. The number of anilines is 2. The number of hydrogen-bond acceptors (Lipinski definition) is 8. The summed E-state index contributed by atoms with van der Waals surface area (Å²) in [5.74, 6) is 1.85. The minimum Gasteiger partial charge on any atom is -0.493 e. The quantitative estimate of drug-likeness (QED) is 0.350. The van der Waals surface area contributed by atoms with Crippen LogP contribution in [-0.2, 0) is 0 Å². The van der Waals surface area contributed by atoms with E-state index in [1.54, 1.807) is 44.7 Å². The predicted octanol–water partition coefficient (Wildman–Crippen LogP) is 4.10. The smallest absolute Gasteiger partial charge is 0.269 e. The van der Waals surface area contributed by atoms with E-state index in [4.69, 9.17) is 14.2 Å². The molecule has 158 valence electrons. The minimum atomic E-state index is -0.431. The van der Waals surface area contributed by atoms with Crippen molar-refractivity contribution in [1.29, 1.82) is 0 Å². The van der Waals surface area contributed by atoms with Crippen LogP contribution < -0.4 is 19.5 Å². The first-order valence-corrected chi connectivity index (χ1v) is 9.20. The Labute approximate surface area is 177 Å². The lowest BCUT2D eigenvalue weighted by molar-refractivity contribution is -0.384. The monoisotopic (exact) mass is 421 g/mol. The summed E-state index contributed by atoms with van der Waals surface area (Å²) in [7, 11) is 4.62. The lowest BCUT2D eigenvalue weighted by Gasteiger charge is -2.14. The zero-order valence-electron chi connectivity index (χ0n) is 17.0. The van der Waals surface area contributed by atoms with E-state index in [2.05, 4.69) is 15.3 Å². The van der Waals surface area contributed by atoms with Gasteiger partial charge >= 0.3 is 0 Å². The van der Waals surface area contributed by atoms with Crippen molar-refractivity contribution in [2.45, 2.75) is 0 Å². The number of hydrogen-bond donors (Lipinski definition) is 1. The number of methoxy groups -OCH3 is 3. The van der Waals surface area contributed by atoms with Gasteiger partial charge in [0.1, 0.15) is 5.65 Å². The Kier molecular flexibility index (Phi) is 5.27. The number of nitrogens with zero attached hydrogens (tertiary/aromatic N) is 4. The molecule has 2 heterocycles. The summed E-state index contributed by atoms with van der Waals surface area (Å²) in [6.07, 6.45) is 3.54. The number of non-ortho nitro benzene ring substituents is 1. The fraction of sp³-hybridized carbons (Fsp3) is 0.143. The van der Waals surface area contributed by atoms with Crippen LogP contribution in [-0.4, -0.2) is 40.8 Å². The largest absolute Gasteiger partial charge is 0.493 e. The lowest BCUT2D eigenvalue weighted by Crippen LogP contribution is -2.01. The van der Waals surface area contributed by atoms with E-state index in [9.17, 15) is 10.1 Å². The van der Waals surface area contributed by atoms with Crippen LogP contribution >= 0.6 is 0 Å². The second kappa shape index (κ2) is 8.19. The Morgan fingerprint density at radius 2 is 1.68 bits per heavy atom. The molecule has 4 aromatic rings. The molecule has 0 aliphatic rings. The summed E-state index contributed by atoms with van der Waals surface area (Å²) in [4.78, 5) is 19.4. The summed E-state index contributed by atoms with van der Waals surface area (Å²) in [6.45, 7) is 0. The molecule has 0 saturated heterocycles. The first kappa shape index (κ1) is 20.0. The number of benzene rings is 2. The van der Waals surface area contributed by atoms with E-state index in [-0.39, 0.29) is 5.69 Å². The van der Waals surface area contributed by atoms with Crippen LogP contribution in [0.15, 0.2) is 54.9 Å². The van der Waals surface area contributed by atoms with Gasteiger partial charge in [0.05, 0.1) is 26.3 Å². The maximum Gasteiger partial charge on any atom is 0.269 e. The van der Waals surface area contributed by atoms with Gasteiger partial charge in [-0.15, -0.1) is 0 Å². The molecule has 0 unspecified atom stereocenters. The maximum atomic E-state index is 10.9. The Hall–Kier alpha value is -4.34. The number of aromatic nitrogens is 3. The van der Waals surface area contributed by atoms with Gasteiger partial charge in [0.2, 0.25) is 11.7 Å². The summed E-state index contributed by atoms with van der Waals surface area (Å²) < 4.78 is 17.9. The molecule has 0 bridgehead atoms. The van der Waals surface area contributed by atoms with Crippen LogP contribution in [0, 0.1) is 10.1 Å². The third kappa shape index (κ3) is 3.78. The van der Waals surface area contributed by atoms with Gasteiger partial charge in [-0.05, 0) is 18.2 Å². The zero-order chi connectivity index (χ0) is 22.0. The third-order valence-corrected chi connectivity index (χ3v) is 4.69. The topological polar surface area (TPSA) is 114 Å². The predicted molar refractivity (Wildman–Crippen MR) is 115 cm³/mol. The van der Waals surface area contributed by atoms with E-state index >= 15 is 0 Å². The lowest BCUT2D eigenvalue weighted by atomic mass is 10.2. The van der Waals surface area contributed by atoms with Crippen molar-refractivity contribution in [2.75, 3.05) is 26.6 Å². The van der Waals surface area contributed by atoms with E-state index in [1.165, 1.54) is 19.2 Å². The minimum absolute atomic E-state index is 0.0274. The molecule has 2 aromatic heterocycles. The molecule has 0 radical (unpaired) electrons. The van der Waals surface area contributed by atoms with Gasteiger partial charge in [-0.3, -0.25) is 10.1 Å². The molecular weight excluding hydrogens is 402 g/mol. The van der Waals surface area contributed by atoms with Crippen molar-refractivity contribution >= 4 is 28.4 Å². The Morgan fingerprint density at radius 3 is 2.26 bits per heavy atom. The molecule has 4 rings (SSSR count). The van der Waals surface area contributed by atoms with Gasteiger partial charge < -0.3 is 24.1 Å². The number of nitrogens with one attached hydrogen (secondary N) is 1. The molecule has 10 nitrogen and oxygen atoms in total. The Balaban J connectivity index is 1.70. The Morgan fingerprint density at radius 1 is 1.00 bits per heavy atom. The van der Waals surface area contributed by atoms with Gasteiger partial charge in [0.25, 0.3) is 5.69 Å². The molecular formula is C21H19N5O5. The molecule has 0 aliphatic carbocycles. The zero-order valence-corrected chi connectivity index (χ0v) is 17.0. The highest BCUT2D eigenvalue weighted by molar-refractivity contribution is 5.79. The second-order valence-electron chi connectivity index (χ2n) is 6.47. The van der Waals surface area contributed by atoms with Crippen molar-refractivity contribution in [1.82, 2.24) is 14.5 Å². The van der Waals surface area contributed by atoms with Crippen LogP contribution in [0.1, 0.15) is 0 Å². The number of nitro benzene ring substituents is 1.